The van der Waals surface area contributed by atoms with Crippen LogP contribution in [0.2, 0.25) is 0 Å². The molecule has 0 amide bonds. The highest BCUT2D eigenvalue weighted by Gasteiger charge is 2.17. The van der Waals surface area contributed by atoms with Crippen LogP contribution in [0.15, 0.2) is 54.3 Å². The van der Waals surface area contributed by atoms with E-state index in [9.17, 15) is 10.1 Å². The molecule has 0 unspecified atom stereocenters. The summed E-state index contributed by atoms with van der Waals surface area (Å²) in [6.07, 6.45) is 1.63. The molecule has 0 N–H and O–H groups in total. The molecule has 0 radical (unpaired) electrons. The highest BCUT2D eigenvalue weighted by Crippen LogP contribution is 2.33. The van der Waals surface area contributed by atoms with E-state index in [-0.39, 0.29) is 12.3 Å². The lowest BCUT2D eigenvalue weighted by molar-refractivity contribution is -0.385. The predicted octanol–water partition coefficient (Wildman–Crippen LogP) is 3.41. The summed E-state index contributed by atoms with van der Waals surface area (Å²) in [5, 5.41) is 11.0. The van der Waals surface area contributed by atoms with E-state index in [0.717, 1.165) is 0 Å². The minimum Gasteiger partial charge on any atom is -0.482 e. The Morgan fingerprint density at radius 2 is 1.75 bits per heavy atom. The van der Waals surface area contributed by atoms with Crippen molar-refractivity contribution in [2.24, 2.45) is 0 Å². The van der Waals surface area contributed by atoms with Crippen LogP contribution in [0.25, 0.3) is 6.08 Å². The van der Waals surface area contributed by atoms with Gasteiger partial charge in [-0.3, -0.25) is 10.1 Å². The molecule has 20 heavy (non-hydrogen) atoms. The van der Waals surface area contributed by atoms with Gasteiger partial charge in [0.15, 0.2) is 11.5 Å². The van der Waals surface area contributed by atoms with Crippen LogP contribution in [-0.2, 0) is 0 Å². The predicted molar refractivity (Wildman–Crippen MR) is 73.6 cm³/mol. The molecule has 0 atom stereocenters. The first-order valence-corrected chi connectivity index (χ1v) is 6.08. The number of hydrogen-bond acceptors (Lipinski definition) is 4. The summed E-state index contributed by atoms with van der Waals surface area (Å²) in [5.74, 6) is 1.83. The van der Waals surface area contributed by atoms with Crippen molar-refractivity contribution in [3.05, 3.63) is 70.0 Å². The molecule has 0 aliphatic carbocycles. The number of fused-ring (bicyclic) bond motifs is 1. The maximum Gasteiger partial charge on any atom is 0.276 e. The maximum atomic E-state index is 11.0. The van der Waals surface area contributed by atoms with Gasteiger partial charge in [-0.2, -0.15) is 0 Å². The van der Waals surface area contributed by atoms with Crippen molar-refractivity contribution < 1.29 is 14.4 Å². The Hall–Kier alpha value is -2.82. The zero-order valence-corrected chi connectivity index (χ0v) is 10.5. The summed E-state index contributed by atoms with van der Waals surface area (Å²) in [7, 11) is 0. The largest absolute Gasteiger partial charge is 0.482 e. The summed E-state index contributed by atoms with van der Waals surface area (Å²) in [6, 6.07) is 13.8. The Morgan fingerprint density at radius 1 is 1.05 bits per heavy atom. The van der Waals surface area contributed by atoms with Crippen LogP contribution >= 0.6 is 0 Å². The Kier molecular flexibility index (Phi) is 3.09. The number of nitro benzene ring substituents is 1. The number of rotatable bonds is 2. The van der Waals surface area contributed by atoms with Crippen molar-refractivity contribution in [1.29, 1.82) is 0 Å². The second kappa shape index (κ2) is 5.05. The monoisotopic (exact) mass is 269 g/mol. The normalized spacial score (nSPS) is 15.1. The second-order valence-corrected chi connectivity index (χ2v) is 4.26. The van der Waals surface area contributed by atoms with E-state index in [0.29, 0.717) is 22.8 Å². The Morgan fingerprint density at radius 3 is 2.55 bits per heavy atom. The number of hydrogen-bond donors (Lipinski definition) is 0. The fourth-order valence-corrected chi connectivity index (χ4v) is 1.99. The molecule has 3 rings (SSSR count). The molecule has 1 heterocycles. The summed E-state index contributed by atoms with van der Waals surface area (Å²) in [4.78, 5) is 10.6. The molecule has 0 fully saturated rings. The van der Waals surface area contributed by atoms with E-state index in [1.54, 1.807) is 30.3 Å². The zero-order chi connectivity index (χ0) is 13.9. The van der Waals surface area contributed by atoms with Gasteiger partial charge >= 0.3 is 0 Å². The first-order chi connectivity index (χ1) is 9.74. The van der Waals surface area contributed by atoms with E-state index < -0.39 is 4.92 Å². The summed E-state index contributed by atoms with van der Waals surface area (Å²) < 4.78 is 11.2. The van der Waals surface area contributed by atoms with Crippen molar-refractivity contribution in [3.63, 3.8) is 0 Å². The third-order valence-electron chi connectivity index (χ3n) is 2.91. The quantitative estimate of drug-likeness (QED) is 0.619. The molecule has 2 aromatic carbocycles. The molecule has 0 aromatic heterocycles. The summed E-state index contributed by atoms with van der Waals surface area (Å²) in [6.45, 7) is 0.253. The molecule has 2 aromatic rings. The van der Waals surface area contributed by atoms with E-state index in [1.165, 1.54) is 6.07 Å². The topological polar surface area (TPSA) is 61.6 Å². The Labute approximate surface area is 115 Å². The Bertz CT molecular complexity index is 694. The SMILES string of the molecule is O=[N+]([O-])c1ccccc1/C=C1/COc2ccccc2O1. The highest BCUT2D eigenvalue weighted by molar-refractivity contribution is 5.63. The molecule has 0 spiro atoms. The van der Waals surface area contributed by atoms with Gasteiger partial charge in [-0.25, -0.2) is 0 Å². The van der Waals surface area contributed by atoms with Gasteiger partial charge in [0.1, 0.15) is 12.4 Å². The van der Waals surface area contributed by atoms with Crippen LogP contribution in [0.1, 0.15) is 5.56 Å². The minimum atomic E-state index is -0.413. The molecule has 1 aliphatic rings. The van der Waals surface area contributed by atoms with Crippen molar-refractivity contribution in [3.8, 4) is 11.5 Å². The van der Waals surface area contributed by atoms with Gasteiger partial charge < -0.3 is 9.47 Å². The second-order valence-electron chi connectivity index (χ2n) is 4.26. The van der Waals surface area contributed by atoms with Crippen molar-refractivity contribution >= 4 is 11.8 Å². The molecular weight excluding hydrogens is 258 g/mol. The number of ether oxygens (including phenoxy) is 2. The minimum absolute atomic E-state index is 0.0439. The van der Waals surface area contributed by atoms with Crippen LogP contribution in [0.3, 0.4) is 0 Å². The molecule has 1 aliphatic heterocycles. The van der Waals surface area contributed by atoms with E-state index in [4.69, 9.17) is 9.47 Å². The van der Waals surface area contributed by atoms with Crippen LogP contribution in [0.5, 0.6) is 11.5 Å². The zero-order valence-electron chi connectivity index (χ0n) is 10.5. The lowest BCUT2D eigenvalue weighted by atomic mass is 10.1. The first-order valence-electron chi connectivity index (χ1n) is 6.08. The lowest BCUT2D eigenvalue weighted by Gasteiger charge is -2.20. The maximum absolute atomic E-state index is 11.0. The number of para-hydroxylation sites is 3. The highest BCUT2D eigenvalue weighted by atomic mass is 16.6. The van der Waals surface area contributed by atoms with Gasteiger partial charge in [-0.1, -0.05) is 24.3 Å². The van der Waals surface area contributed by atoms with E-state index in [2.05, 4.69) is 0 Å². The number of benzene rings is 2. The van der Waals surface area contributed by atoms with Gasteiger partial charge in [0.2, 0.25) is 0 Å². The fraction of sp³-hybridized carbons (Fsp3) is 0.0667. The van der Waals surface area contributed by atoms with Crippen LogP contribution in [-0.4, -0.2) is 11.5 Å². The molecule has 0 saturated heterocycles. The average molecular weight is 269 g/mol. The van der Waals surface area contributed by atoms with E-state index in [1.807, 2.05) is 18.2 Å². The summed E-state index contributed by atoms with van der Waals surface area (Å²) in [5.41, 5.74) is 0.540. The van der Waals surface area contributed by atoms with Gasteiger partial charge in [-0.05, 0) is 24.3 Å². The smallest absolute Gasteiger partial charge is 0.276 e. The van der Waals surface area contributed by atoms with Gasteiger partial charge in [0.05, 0.1) is 10.5 Å². The van der Waals surface area contributed by atoms with Crippen LogP contribution in [0, 0.1) is 10.1 Å². The van der Waals surface area contributed by atoms with Crippen LogP contribution in [0.4, 0.5) is 5.69 Å². The summed E-state index contributed by atoms with van der Waals surface area (Å²) >= 11 is 0. The van der Waals surface area contributed by atoms with Gasteiger partial charge in [-0.15, -0.1) is 0 Å². The molecule has 0 saturated carbocycles. The standard InChI is InChI=1S/C15H11NO4/c17-16(18)13-6-2-1-5-11(13)9-12-10-19-14-7-3-4-8-15(14)20-12/h1-9H,10H2/b12-9-. The van der Waals surface area contributed by atoms with Gasteiger partial charge in [0.25, 0.3) is 5.69 Å². The molecule has 0 bridgehead atoms. The molecule has 5 nitrogen and oxygen atoms in total. The molecule has 100 valence electrons. The number of nitro groups is 1. The fourth-order valence-electron chi connectivity index (χ4n) is 1.99. The van der Waals surface area contributed by atoms with Crippen molar-refractivity contribution in [1.82, 2.24) is 0 Å². The molecule has 5 heteroatoms. The third-order valence-corrected chi connectivity index (χ3v) is 2.91. The van der Waals surface area contributed by atoms with Crippen LogP contribution < -0.4 is 9.47 Å². The Balaban J connectivity index is 1.93. The average Bonchev–Trinajstić information content (AvgIpc) is 2.47. The lowest BCUT2D eigenvalue weighted by Crippen LogP contribution is -2.13. The van der Waals surface area contributed by atoms with Crippen molar-refractivity contribution in [2.45, 2.75) is 0 Å². The van der Waals surface area contributed by atoms with Gasteiger partial charge in [0, 0.05) is 6.07 Å². The number of nitrogens with zero attached hydrogens (tertiary/aromatic N) is 1. The third kappa shape index (κ3) is 2.33. The first kappa shape index (κ1) is 12.2. The van der Waals surface area contributed by atoms with Crippen molar-refractivity contribution in [2.75, 3.05) is 6.61 Å². The van der Waals surface area contributed by atoms with E-state index >= 15 is 0 Å². The molecular formula is C15H11NO4.